The molecule has 19 nitrogen and oxygen atoms in total. The number of hydrogen-bond donors (Lipinski definition) is 12. The Bertz CT molecular complexity index is 2200. The van der Waals surface area contributed by atoms with Gasteiger partial charge in [-0.1, -0.05) is 192 Å². The van der Waals surface area contributed by atoms with Crippen LogP contribution in [0.1, 0.15) is 162 Å². The van der Waals surface area contributed by atoms with Gasteiger partial charge < -0.3 is 89.9 Å². The molecule has 3 fully saturated rings. The van der Waals surface area contributed by atoms with Crippen molar-refractivity contribution in [1.82, 2.24) is 5.32 Å². The Labute approximate surface area is 536 Å². The van der Waals surface area contributed by atoms with Crippen molar-refractivity contribution in [1.29, 1.82) is 0 Å². The third-order valence-corrected chi connectivity index (χ3v) is 15.4. The van der Waals surface area contributed by atoms with Gasteiger partial charge in [0.1, 0.15) is 73.2 Å². The highest BCUT2D eigenvalue weighted by Gasteiger charge is 2.53. The predicted octanol–water partition coefficient (Wildman–Crippen LogP) is 7.98. The summed E-state index contributed by atoms with van der Waals surface area (Å²) in [5.41, 5.74) is 0. The third kappa shape index (κ3) is 33.0. The van der Waals surface area contributed by atoms with Gasteiger partial charge in [-0.2, -0.15) is 0 Å². The van der Waals surface area contributed by atoms with Crippen molar-refractivity contribution < 1.29 is 89.4 Å². The summed E-state index contributed by atoms with van der Waals surface area (Å²) in [6.45, 7) is 1.48. The molecular weight excluding hydrogens is 1150 g/mol. The second-order valence-corrected chi connectivity index (χ2v) is 22.8. The van der Waals surface area contributed by atoms with Crippen LogP contribution in [0.25, 0.3) is 0 Å². The van der Waals surface area contributed by atoms with Crippen LogP contribution < -0.4 is 5.32 Å². The van der Waals surface area contributed by atoms with E-state index in [1.165, 1.54) is 19.3 Å². The van der Waals surface area contributed by atoms with Crippen molar-refractivity contribution in [2.75, 3.05) is 26.4 Å². The van der Waals surface area contributed by atoms with E-state index in [-0.39, 0.29) is 18.9 Å². The largest absolute Gasteiger partial charge is 0.394 e. The molecule has 17 unspecified atom stereocenters. The first-order valence-corrected chi connectivity index (χ1v) is 33.1. The molecule has 17 atom stereocenters. The average Bonchev–Trinajstić information content (AvgIpc) is 1.08. The minimum absolute atomic E-state index is 0.195. The standard InChI is InChI=1S/C71H113NO18/c1-3-5-7-9-11-13-15-16-17-18-19-20-21-22-23-24-25-26-27-28-29-30-31-32-33-34-35-36-37-38-39-41-43-45-47-49-59(77)72-54(55(76)48-46-44-42-40-14-12-10-8-6-4-2)53-85-69-65(83)62(80)67(57(51-74)87-69)90-71-66(84)63(81)68(58(52-75)88-71)89-70-64(82)61(79)60(78)56(50-73)86-70/h5,7,11,13-14,16-17,19-20,22-23,25-26,28-29,31-32,34-35,37-38,40,46,48,54-58,60-71,73-76,78-84H,3-4,6,8-10,12,15,18,21,24,27,30,33,36,39,41-45,47,49-53H2,1-2H3,(H,72,77)/b7-5-,13-11-,17-16-,20-19-,23-22-,26-25-,29-28-,32-31-,35-34-,38-37-,40-14+,48-46+. The highest BCUT2D eigenvalue weighted by atomic mass is 16.8. The lowest BCUT2D eigenvalue weighted by Gasteiger charge is -2.48. The summed E-state index contributed by atoms with van der Waals surface area (Å²) in [4.78, 5) is 13.3. The summed E-state index contributed by atoms with van der Waals surface area (Å²) in [7, 11) is 0. The quantitative estimate of drug-likeness (QED) is 0.0203. The van der Waals surface area contributed by atoms with Crippen molar-refractivity contribution in [2.45, 2.75) is 266 Å². The molecule has 3 saturated heterocycles. The monoisotopic (exact) mass is 1270 g/mol. The number of hydrogen-bond acceptors (Lipinski definition) is 18. The molecule has 3 rings (SSSR count). The first-order chi connectivity index (χ1) is 43.8. The van der Waals surface area contributed by atoms with Crippen LogP contribution in [0.15, 0.2) is 146 Å². The number of unbranched alkanes of at least 4 members (excludes halogenated alkanes) is 9. The molecule has 3 aliphatic heterocycles. The predicted molar refractivity (Wildman–Crippen MR) is 350 cm³/mol. The maximum Gasteiger partial charge on any atom is 0.220 e. The zero-order chi connectivity index (χ0) is 65.4. The Kier molecular flexibility index (Phi) is 45.4. The number of nitrogens with one attached hydrogen (secondary N) is 1. The van der Waals surface area contributed by atoms with Gasteiger partial charge in [-0.25, -0.2) is 0 Å². The Morgan fingerprint density at radius 3 is 1.23 bits per heavy atom. The zero-order valence-corrected chi connectivity index (χ0v) is 53.5. The van der Waals surface area contributed by atoms with E-state index >= 15 is 0 Å². The molecule has 0 aromatic rings. The van der Waals surface area contributed by atoms with Gasteiger partial charge in [-0.05, 0) is 109 Å². The summed E-state index contributed by atoms with van der Waals surface area (Å²) in [6, 6.07) is -1.01. The Hall–Kier alpha value is -4.33. The second-order valence-electron chi connectivity index (χ2n) is 22.8. The molecule has 0 saturated carbocycles. The molecule has 90 heavy (non-hydrogen) atoms. The summed E-state index contributed by atoms with van der Waals surface area (Å²) in [5.74, 6) is -0.320. The average molecular weight is 1270 g/mol. The molecule has 510 valence electrons. The highest BCUT2D eigenvalue weighted by Crippen LogP contribution is 2.33. The first kappa shape index (κ1) is 79.9. The van der Waals surface area contributed by atoms with E-state index in [1.807, 2.05) is 6.08 Å². The highest BCUT2D eigenvalue weighted by molar-refractivity contribution is 5.76. The molecule has 0 aliphatic carbocycles. The van der Waals surface area contributed by atoms with Crippen molar-refractivity contribution in [2.24, 2.45) is 0 Å². The van der Waals surface area contributed by atoms with Gasteiger partial charge in [-0.3, -0.25) is 4.79 Å². The molecule has 19 heteroatoms. The van der Waals surface area contributed by atoms with Crippen LogP contribution >= 0.6 is 0 Å². The summed E-state index contributed by atoms with van der Waals surface area (Å²) in [6.07, 6.45) is 45.7. The molecule has 0 radical (unpaired) electrons. The summed E-state index contributed by atoms with van der Waals surface area (Å²) < 4.78 is 34.2. The Balaban J connectivity index is 1.39. The number of carbonyl (C=O) groups is 1. The van der Waals surface area contributed by atoms with Crippen molar-refractivity contribution in [3.63, 3.8) is 0 Å². The fourth-order valence-corrected chi connectivity index (χ4v) is 10.00. The Morgan fingerprint density at radius 1 is 0.411 bits per heavy atom. The van der Waals surface area contributed by atoms with Crippen LogP contribution in [-0.4, -0.2) is 193 Å². The van der Waals surface area contributed by atoms with E-state index in [4.69, 9.17) is 28.4 Å². The molecule has 3 heterocycles. The van der Waals surface area contributed by atoms with Gasteiger partial charge >= 0.3 is 0 Å². The normalized spacial score (nSPS) is 29.0. The number of aliphatic hydroxyl groups excluding tert-OH is 11. The van der Waals surface area contributed by atoms with Gasteiger partial charge in [0.15, 0.2) is 18.9 Å². The van der Waals surface area contributed by atoms with E-state index in [2.05, 4.69) is 153 Å². The molecule has 1 amide bonds. The summed E-state index contributed by atoms with van der Waals surface area (Å²) >= 11 is 0. The topological polar surface area (TPSA) is 307 Å². The molecule has 0 bridgehead atoms. The minimum Gasteiger partial charge on any atom is -0.394 e. The number of allylic oxidation sites excluding steroid dienone is 23. The maximum absolute atomic E-state index is 13.3. The van der Waals surface area contributed by atoms with Crippen LogP contribution in [0.5, 0.6) is 0 Å². The van der Waals surface area contributed by atoms with Gasteiger partial charge in [0, 0.05) is 6.42 Å². The van der Waals surface area contributed by atoms with Crippen LogP contribution in [0.4, 0.5) is 0 Å². The van der Waals surface area contributed by atoms with Crippen LogP contribution in [0.2, 0.25) is 0 Å². The lowest BCUT2D eigenvalue weighted by molar-refractivity contribution is -0.379. The second kappa shape index (κ2) is 51.1. The van der Waals surface area contributed by atoms with Crippen molar-refractivity contribution >= 4 is 5.91 Å². The summed E-state index contributed by atoms with van der Waals surface area (Å²) in [5, 5.41) is 120. The SMILES string of the molecule is CC/C=C\C/C=C\C/C=C\C/C=C\C/C=C\C/C=C\C/C=C\C/C=C\C/C=C\C/C=C\CCCCCCC(=O)NC(COC1OC(CO)C(OC2OC(CO)C(OC3OC(CO)C(O)C(O)C3O)C(O)C2O)C(O)C1O)C(O)/C=C/CC/C=C/CCCCCC. The number of ether oxygens (including phenoxy) is 6. The fourth-order valence-electron chi connectivity index (χ4n) is 10.00. The van der Waals surface area contributed by atoms with Crippen LogP contribution in [0.3, 0.4) is 0 Å². The van der Waals surface area contributed by atoms with E-state index in [1.54, 1.807) is 6.08 Å². The Morgan fingerprint density at radius 2 is 0.778 bits per heavy atom. The first-order valence-electron chi connectivity index (χ1n) is 33.1. The van der Waals surface area contributed by atoms with Gasteiger partial charge in [0.05, 0.1) is 38.6 Å². The van der Waals surface area contributed by atoms with Crippen LogP contribution in [-0.2, 0) is 33.2 Å². The van der Waals surface area contributed by atoms with E-state index in [0.717, 1.165) is 109 Å². The third-order valence-electron chi connectivity index (χ3n) is 15.4. The molecule has 12 N–H and O–H groups in total. The minimum atomic E-state index is -1.99. The molecule has 0 aromatic heterocycles. The zero-order valence-electron chi connectivity index (χ0n) is 53.5. The number of amides is 1. The van der Waals surface area contributed by atoms with E-state index < -0.39 is 124 Å². The smallest absolute Gasteiger partial charge is 0.220 e. The van der Waals surface area contributed by atoms with Crippen LogP contribution in [0, 0.1) is 0 Å². The lowest BCUT2D eigenvalue weighted by atomic mass is 9.96. The van der Waals surface area contributed by atoms with Crippen molar-refractivity contribution in [3.8, 4) is 0 Å². The fraction of sp³-hybridized carbons (Fsp3) is 0.648. The van der Waals surface area contributed by atoms with Gasteiger partial charge in [0.25, 0.3) is 0 Å². The molecule has 3 aliphatic rings. The molecule has 0 spiro atoms. The number of rotatable bonds is 47. The molecule has 0 aromatic carbocycles. The van der Waals surface area contributed by atoms with E-state index in [0.29, 0.717) is 12.8 Å². The van der Waals surface area contributed by atoms with Gasteiger partial charge in [0.2, 0.25) is 5.91 Å². The number of aliphatic hydroxyl groups is 11. The van der Waals surface area contributed by atoms with E-state index in [9.17, 15) is 61.0 Å². The van der Waals surface area contributed by atoms with Gasteiger partial charge in [-0.15, -0.1) is 0 Å². The number of carbonyl (C=O) groups excluding carboxylic acids is 1. The maximum atomic E-state index is 13.3. The lowest BCUT2D eigenvalue weighted by Crippen LogP contribution is -2.66. The molecular formula is C71H113NO18. The van der Waals surface area contributed by atoms with Crippen molar-refractivity contribution in [3.05, 3.63) is 146 Å².